The first-order chi connectivity index (χ1) is 11.7. The molecule has 0 aliphatic heterocycles. The Hall–Kier alpha value is -2.63. The fourth-order valence-corrected chi connectivity index (χ4v) is 2.88. The van der Waals surface area contributed by atoms with E-state index in [1.807, 2.05) is 0 Å². The second-order valence-electron chi connectivity index (χ2n) is 6.00. The molecule has 0 N–H and O–H groups in total. The highest BCUT2D eigenvalue weighted by Gasteiger charge is 2.38. The van der Waals surface area contributed by atoms with E-state index in [9.17, 15) is 22.4 Å². The quantitative estimate of drug-likeness (QED) is 0.590. The van der Waals surface area contributed by atoms with Gasteiger partial charge >= 0.3 is 6.18 Å². The minimum absolute atomic E-state index is 0.0645. The van der Waals surface area contributed by atoms with Crippen molar-refractivity contribution in [3.63, 3.8) is 0 Å². The first-order valence-electron chi connectivity index (χ1n) is 7.67. The van der Waals surface area contributed by atoms with Gasteiger partial charge in [0.25, 0.3) is 5.56 Å². The molecule has 3 aromatic rings. The lowest BCUT2D eigenvalue weighted by atomic mass is 9.96. The molecule has 0 fully saturated rings. The smallest absolute Gasteiger partial charge is 0.283 e. The number of pyridine rings is 1. The van der Waals surface area contributed by atoms with Gasteiger partial charge in [0.2, 0.25) is 0 Å². The Morgan fingerprint density at radius 3 is 2.36 bits per heavy atom. The first kappa shape index (κ1) is 17.2. The summed E-state index contributed by atoms with van der Waals surface area (Å²) >= 11 is 0. The fraction of sp³-hybridized carbons (Fsp3) is 0.211. The van der Waals surface area contributed by atoms with Gasteiger partial charge < -0.3 is 0 Å². The number of aryl methyl sites for hydroxylation is 1. The number of alkyl halides is 3. The third-order valence-corrected chi connectivity index (χ3v) is 4.34. The van der Waals surface area contributed by atoms with Gasteiger partial charge in [-0.15, -0.1) is 0 Å². The molecule has 0 radical (unpaired) electrons. The van der Waals surface area contributed by atoms with Crippen LogP contribution in [0.3, 0.4) is 0 Å². The fourth-order valence-electron chi connectivity index (χ4n) is 2.88. The normalized spacial score (nSPS) is 13.2. The average Bonchev–Trinajstić information content (AvgIpc) is 2.55. The zero-order chi connectivity index (χ0) is 18.4. The number of halogens is 4. The summed E-state index contributed by atoms with van der Waals surface area (Å²) in [5.74, 6) is -2.46. The number of para-hydroxylation sites is 1. The van der Waals surface area contributed by atoms with Gasteiger partial charge in [-0.25, -0.2) is 4.39 Å². The van der Waals surface area contributed by atoms with Crippen molar-refractivity contribution < 1.29 is 17.6 Å². The number of aromatic nitrogens is 1. The standard InChI is InChI=1S/C19H15F4NO/c1-11-5-3-4-6-17(11)24-10-16(12(2)19(21,22)23)14-8-7-13(20)9-15(14)18(24)25/h3-10,12H,1-2H3. The zero-order valence-electron chi connectivity index (χ0n) is 13.6. The Kier molecular flexibility index (Phi) is 4.14. The molecule has 0 aliphatic rings. The number of fused-ring (bicyclic) bond motifs is 1. The molecule has 0 bridgehead atoms. The summed E-state index contributed by atoms with van der Waals surface area (Å²) in [7, 11) is 0. The summed E-state index contributed by atoms with van der Waals surface area (Å²) in [6.07, 6.45) is -3.27. The van der Waals surface area contributed by atoms with E-state index in [2.05, 4.69) is 0 Å². The van der Waals surface area contributed by atoms with Gasteiger partial charge in [-0.2, -0.15) is 13.2 Å². The largest absolute Gasteiger partial charge is 0.395 e. The lowest BCUT2D eigenvalue weighted by Gasteiger charge is -2.20. The van der Waals surface area contributed by atoms with Crippen LogP contribution in [0.25, 0.3) is 16.5 Å². The molecule has 0 amide bonds. The van der Waals surface area contributed by atoms with Crippen molar-refractivity contribution in [2.75, 3.05) is 0 Å². The van der Waals surface area contributed by atoms with Crippen LogP contribution < -0.4 is 5.56 Å². The van der Waals surface area contributed by atoms with Crippen molar-refractivity contribution in [2.24, 2.45) is 0 Å². The molecule has 0 aliphatic carbocycles. The summed E-state index contributed by atoms with van der Waals surface area (Å²) in [5.41, 5.74) is 0.576. The number of nitrogens with zero attached hydrogens (tertiary/aromatic N) is 1. The molecule has 1 atom stereocenters. The van der Waals surface area contributed by atoms with Crippen molar-refractivity contribution in [3.8, 4) is 5.69 Å². The number of hydrogen-bond donors (Lipinski definition) is 0. The van der Waals surface area contributed by atoms with Crippen molar-refractivity contribution in [1.29, 1.82) is 0 Å². The van der Waals surface area contributed by atoms with E-state index in [1.54, 1.807) is 31.2 Å². The number of hydrogen-bond acceptors (Lipinski definition) is 1. The molecule has 1 aromatic heterocycles. The molecular formula is C19H15F4NO. The maximum Gasteiger partial charge on any atom is 0.395 e. The molecular weight excluding hydrogens is 334 g/mol. The zero-order valence-corrected chi connectivity index (χ0v) is 13.6. The third kappa shape index (κ3) is 3.04. The molecule has 0 spiro atoms. The van der Waals surface area contributed by atoms with E-state index < -0.39 is 23.5 Å². The van der Waals surface area contributed by atoms with Crippen molar-refractivity contribution >= 4 is 10.8 Å². The minimum atomic E-state index is -4.48. The number of benzene rings is 2. The molecule has 2 aromatic carbocycles. The van der Waals surface area contributed by atoms with Gasteiger partial charge in [-0.3, -0.25) is 9.36 Å². The Morgan fingerprint density at radius 1 is 1.04 bits per heavy atom. The van der Waals surface area contributed by atoms with E-state index in [1.165, 1.54) is 12.3 Å². The topological polar surface area (TPSA) is 22.0 Å². The van der Waals surface area contributed by atoms with E-state index >= 15 is 0 Å². The highest BCUT2D eigenvalue weighted by atomic mass is 19.4. The van der Waals surface area contributed by atoms with Crippen molar-refractivity contribution in [1.82, 2.24) is 4.57 Å². The second kappa shape index (κ2) is 6.02. The SMILES string of the molecule is Cc1ccccc1-n1cc(C(C)C(F)(F)F)c2ccc(F)cc2c1=O. The molecule has 130 valence electrons. The third-order valence-electron chi connectivity index (χ3n) is 4.34. The van der Waals surface area contributed by atoms with Gasteiger partial charge in [-0.05, 0) is 48.6 Å². The summed E-state index contributed by atoms with van der Waals surface area (Å²) < 4.78 is 54.7. The lowest BCUT2D eigenvalue weighted by Crippen LogP contribution is -2.24. The van der Waals surface area contributed by atoms with E-state index in [4.69, 9.17) is 0 Å². The van der Waals surface area contributed by atoms with Gasteiger partial charge in [0, 0.05) is 6.20 Å². The molecule has 6 heteroatoms. The van der Waals surface area contributed by atoms with E-state index in [0.717, 1.165) is 29.2 Å². The van der Waals surface area contributed by atoms with Crippen LogP contribution in [0.15, 0.2) is 53.5 Å². The summed E-state index contributed by atoms with van der Waals surface area (Å²) in [4.78, 5) is 12.8. The molecule has 25 heavy (non-hydrogen) atoms. The van der Waals surface area contributed by atoms with Crippen LogP contribution in [0, 0.1) is 12.7 Å². The van der Waals surface area contributed by atoms with Crippen LogP contribution in [-0.4, -0.2) is 10.7 Å². The van der Waals surface area contributed by atoms with Crippen LogP contribution in [-0.2, 0) is 0 Å². The van der Waals surface area contributed by atoms with Gasteiger partial charge in [0.15, 0.2) is 0 Å². The highest BCUT2D eigenvalue weighted by molar-refractivity contribution is 5.85. The van der Waals surface area contributed by atoms with Crippen LogP contribution in [0.2, 0.25) is 0 Å². The van der Waals surface area contributed by atoms with Crippen LogP contribution >= 0.6 is 0 Å². The average molecular weight is 349 g/mol. The summed E-state index contributed by atoms with van der Waals surface area (Å²) in [6, 6.07) is 10.1. The van der Waals surface area contributed by atoms with E-state index in [0.29, 0.717) is 5.69 Å². The van der Waals surface area contributed by atoms with Crippen molar-refractivity contribution in [2.45, 2.75) is 25.9 Å². The maximum atomic E-state index is 13.6. The Bertz CT molecular complexity index is 1000. The predicted molar refractivity (Wildman–Crippen MR) is 88.7 cm³/mol. The molecule has 1 heterocycles. The maximum absolute atomic E-state index is 13.6. The monoisotopic (exact) mass is 349 g/mol. The predicted octanol–water partition coefficient (Wildman–Crippen LogP) is 5.10. The minimum Gasteiger partial charge on any atom is -0.283 e. The Balaban J connectivity index is 2.42. The Morgan fingerprint density at radius 2 is 1.72 bits per heavy atom. The molecule has 0 saturated heterocycles. The van der Waals surface area contributed by atoms with Gasteiger partial charge in [-0.1, -0.05) is 24.3 Å². The van der Waals surface area contributed by atoms with Gasteiger partial charge in [0.05, 0.1) is 17.0 Å². The van der Waals surface area contributed by atoms with Crippen LogP contribution in [0.1, 0.15) is 24.0 Å². The van der Waals surface area contributed by atoms with Crippen LogP contribution in [0.5, 0.6) is 0 Å². The van der Waals surface area contributed by atoms with E-state index in [-0.39, 0.29) is 16.3 Å². The van der Waals surface area contributed by atoms with Crippen LogP contribution in [0.4, 0.5) is 17.6 Å². The first-order valence-corrected chi connectivity index (χ1v) is 7.67. The lowest BCUT2D eigenvalue weighted by molar-refractivity contribution is -0.146. The molecule has 1 unspecified atom stereocenters. The Labute approximate surface area is 141 Å². The highest BCUT2D eigenvalue weighted by Crippen LogP contribution is 2.37. The second-order valence-corrected chi connectivity index (χ2v) is 6.00. The summed E-state index contributed by atoms with van der Waals surface area (Å²) in [6.45, 7) is 2.79. The van der Waals surface area contributed by atoms with Crippen molar-refractivity contribution in [3.05, 3.63) is 76.0 Å². The summed E-state index contributed by atoms with van der Waals surface area (Å²) in [5, 5.41) is 0.0397. The molecule has 3 rings (SSSR count). The number of rotatable bonds is 2. The molecule has 2 nitrogen and oxygen atoms in total. The van der Waals surface area contributed by atoms with Gasteiger partial charge in [0.1, 0.15) is 5.82 Å². The molecule has 0 saturated carbocycles.